The molecule has 0 amide bonds. The number of carbonyl (C=O) groups excluding carboxylic acids is 2. The Balaban J connectivity index is 1.35. The molecule has 0 radical (unpaired) electrons. The zero-order valence-electron chi connectivity index (χ0n) is 26.6. The number of hydrogen-bond acceptors (Lipinski definition) is 6. The minimum Gasteiger partial charge on any atom is -0.466 e. The number of alkyl halides is 3. The van der Waals surface area contributed by atoms with E-state index >= 15 is 0 Å². The fraction of sp³-hybridized carbons (Fsp3) is 0.829. The van der Waals surface area contributed by atoms with Crippen LogP contribution < -0.4 is 0 Å². The number of rotatable bonds is 12. The van der Waals surface area contributed by atoms with Crippen LogP contribution >= 0.6 is 0 Å². The SMILES string of the molecule is CC(=O)OCCCCOC1CCC(C#CC2CCC(C#CC3CCC(OCCCCOC(C)=O)CC3)C(C(F)(F)F)C2)CC1. The van der Waals surface area contributed by atoms with E-state index in [-0.39, 0.29) is 48.3 Å². The molecule has 0 spiro atoms. The van der Waals surface area contributed by atoms with E-state index in [9.17, 15) is 22.8 Å². The van der Waals surface area contributed by atoms with Crippen LogP contribution in [0.15, 0.2) is 0 Å². The first-order valence-electron chi connectivity index (χ1n) is 16.7. The van der Waals surface area contributed by atoms with Gasteiger partial charge < -0.3 is 18.9 Å². The Labute approximate surface area is 261 Å². The Bertz CT molecular complexity index is 990. The van der Waals surface area contributed by atoms with Crippen molar-refractivity contribution in [1.29, 1.82) is 0 Å². The summed E-state index contributed by atoms with van der Waals surface area (Å²) in [5.41, 5.74) is 0. The molecule has 6 nitrogen and oxygen atoms in total. The summed E-state index contributed by atoms with van der Waals surface area (Å²) >= 11 is 0. The number of carbonyl (C=O) groups is 2. The van der Waals surface area contributed by atoms with Gasteiger partial charge in [-0.1, -0.05) is 23.7 Å². The first-order chi connectivity index (χ1) is 21.1. The monoisotopic (exact) mass is 624 g/mol. The van der Waals surface area contributed by atoms with Crippen molar-refractivity contribution in [3.8, 4) is 23.7 Å². The number of hydrogen-bond donors (Lipinski definition) is 0. The summed E-state index contributed by atoms with van der Waals surface area (Å²) in [6.45, 7) is 4.90. The molecule has 0 saturated heterocycles. The fourth-order valence-electron chi connectivity index (χ4n) is 6.38. The molecule has 0 aromatic carbocycles. The average molecular weight is 625 g/mol. The van der Waals surface area contributed by atoms with Crippen LogP contribution in [0.4, 0.5) is 13.2 Å². The van der Waals surface area contributed by atoms with Crippen molar-refractivity contribution in [2.45, 2.75) is 129 Å². The summed E-state index contributed by atoms with van der Waals surface area (Å²) < 4.78 is 64.0. The smallest absolute Gasteiger partial charge is 0.393 e. The summed E-state index contributed by atoms with van der Waals surface area (Å²) in [4.78, 5) is 21.6. The van der Waals surface area contributed by atoms with Gasteiger partial charge in [0.05, 0.1) is 31.3 Å². The lowest BCUT2D eigenvalue weighted by Crippen LogP contribution is -2.35. The predicted molar refractivity (Wildman–Crippen MR) is 161 cm³/mol. The van der Waals surface area contributed by atoms with Crippen LogP contribution in [0.25, 0.3) is 0 Å². The molecule has 0 heterocycles. The van der Waals surface area contributed by atoms with Crippen LogP contribution in [0, 0.1) is 53.3 Å². The first-order valence-corrected chi connectivity index (χ1v) is 16.7. The third-order valence-corrected chi connectivity index (χ3v) is 8.98. The number of esters is 2. The van der Waals surface area contributed by atoms with Gasteiger partial charge in [0.1, 0.15) is 0 Å². The van der Waals surface area contributed by atoms with E-state index in [4.69, 9.17) is 18.9 Å². The molecule has 9 heteroatoms. The van der Waals surface area contributed by atoms with E-state index in [1.807, 2.05) is 0 Å². The van der Waals surface area contributed by atoms with Crippen molar-refractivity contribution in [3.63, 3.8) is 0 Å². The molecule has 44 heavy (non-hydrogen) atoms. The van der Waals surface area contributed by atoms with Gasteiger partial charge in [0, 0.05) is 50.7 Å². The van der Waals surface area contributed by atoms with Crippen molar-refractivity contribution < 1.29 is 41.7 Å². The predicted octanol–water partition coefficient (Wildman–Crippen LogP) is 7.43. The Morgan fingerprint density at radius 3 is 1.45 bits per heavy atom. The lowest BCUT2D eigenvalue weighted by atomic mass is 9.73. The molecule has 0 N–H and O–H groups in total. The Hall–Kier alpha value is -2.23. The lowest BCUT2D eigenvalue weighted by Gasteiger charge is -2.33. The topological polar surface area (TPSA) is 71.1 Å². The van der Waals surface area contributed by atoms with E-state index in [0.29, 0.717) is 39.3 Å². The molecule has 248 valence electrons. The fourth-order valence-corrected chi connectivity index (χ4v) is 6.38. The molecule has 3 unspecified atom stereocenters. The summed E-state index contributed by atoms with van der Waals surface area (Å²) in [6.07, 6.45) is 7.62. The zero-order chi connectivity index (χ0) is 31.8. The number of halogens is 3. The quantitative estimate of drug-likeness (QED) is 0.128. The van der Waals surface area contributed by atoms with Crippen LogP contribution in [-0.4, -0.2) is 56.8 Å². The van der Waals surface area contributed by atoms with Crippen molar-refractivity contribution in [3.05, 3.63) is 0 Å². The lowest BCUT2D eigenvalue weighted by molar-refractivity contribution is -0.192. The van der Waals surface area contributed by atoms with Gasteiger partial charge in [0.15, 0.2) is 0 Å². The molecule has 0 aliphatic heterocycles. The molecule has 0 bridgehead atoms. The minimum absolute atomic E-state index is 0.0414. The maximum atomic E-state index is 14.1. The molecule has 3 aliphatic carbocycles. The highest BCUT2D eigenvalue weighted by molar-refractivity contribution is 5.66. The van der Waals surface area contributed by atoms with Crippen LogP contribution in [0.2, 0.25) is 0 Å². The molecular weight excluding hydrogens is 573 g/mol. The van der Waals surface area contributed by atoms with Gasteiger partial charge in [0.25, 0.3) is 0 Å². The van der Waals surface area contributed by atoms with Gasteiger partial charge in [-0.3, -0.25) is 9.59 Å². The minimum atomic E-state index is -4.27. The first kappa shape index (κ1) is 36.2. The zero-order valence-corrected chi connectivity index (χ0v) is 26.6. The molecule has 3 atom stereocenters. The Kier molecular flexibility index (Phi) is 15.9. The Morgan fingerprint density at radius 2 is 1.00 bits per heavy atom. The molecular formula is C35H51F3O6. The van der Waals surface area contributed by atoms with Crippen LogP contribution in [-0.2, 0) is 28.5 Å². The second-order valence-electron chi connectivity index (χ2n) is 12.6. The van der Waals surface area contributed by atoms with E-state index in [0.717, 1.165) is 77.0 Å². The molecule has 0 aromatic heterocycles. The van der Waals surface area contributed by atoms with Crippen LogP contribution in [0.3, 0.4) is 0 Å². The summed E-state index contributed by atoms with van der Waals surface area (Å²) in [5.74, 6) is 10.4. The maximum absolute atomic E-state index is 14.1. The average Bonchev–Trinajstić information content (AvgIpc) is 2.99. The normalized spacial score (nSPS) is 29.0. The van der Waals surface area contributed by atoms with E-state index in [1.54, 1.807) is 0 Å². The molecule has 3 aliphatic rings. The van der Waals surface area contributed by atoms with Gasteiger partial charge in [0.2, 0.25) is 0 Å². The van der Waals surface area contributed by atoms with Crippen molar-refractivity contribution in [2.75, 3.05) is 26.4 Å². The Morgan fingerprint density at radius 1 is 0.591 bits per heavy atom. The second kappa shape index (κ2) is 19.3. The van der Waals surface area contributed by atoms with E-state index in [1.165, 1.54) is 13.8 Å². The van der Waals surface area contributed by atoms with Gasteiger partial charge in [-0.15, -0.1) is 0 Å². The van der Waals surface area contributed by atoms with Crippen molar-refractivity contribution >= 4 is 11.9 Å². The maximum Gasteiger partial charge on any atom is 0.393 e. The third-order valence-electron chi connectivity index (χ3n) is 8.98. The summed E-state index contributed by atoms with van der Waals surface area (Å²) in [5, 5.41) is 0. The molecule has 3 fully saturated rings. The molecule has 3 rings (SSSR count). The largest absolute Gasteiger partial charge is 0.466 e. The van der Waals surface area contributed by atoms with Gasteiger partial charge in [-0.05, 0) is 96.3 Å². The van der Waals surface area contributed by atoms with Crippen LogP contribution in [0.5, 0.6) is 0 Å². The second-order valence-corrected chi connectivity index (χ2v) is 12.6. The van der Waals surface area contributed by atoms with Crippen LogP contribution in [0.1, 0.15) is 110 Å². The number of unbranched alkanes of at least 4 members (excludes halogenated alkanes) is 2. The number of ether oxygens (including phenoxy) is 4. The highest BCUT2D eigenvalue weighted by Crippen LogP contribution is 2.43. The van der Waals surface area contributed by atoms with E-state index < -0.39 is 18.0 Å². The molecule has 3 saturated carbocycles. The van der Waals surface area contributed by atoms with Crippen molar-refractivity contribution in [1.82, 2.24) is 0 Å². The summed E-state index contributed by atoms with van der Waals surface area (Å²) in [7, 11) is 0. The molecule has 0 aromatic rings. The van der Waals surface area contributed by atoms with Gasteiger partial charge in [-0.2, -0.15) is 13.2 Å². The van der Waals surface area contributed by atoms with Gasteiger partial charge in [-0.25, -0.2) is 0 Å². The van der Waals surface area contributed by atoms with Crippen molar-refractivity contribution in [2.24, 2.45) is 29.6 Å². The van der Waals surface area contributed by atoms with E-state index in [2.05, 4.69) is 23.7 Å². The third kappa shape index (κ3) is 14.2. The van der Waals surface area contributed by atoms with Gasteiger partial charge >= 0.3 is 18.1 Å². The standard InChI is InChI=1S/C35H51F3O6/c1-26(39)41-21-3-5-23-43-32-17-11-28(12-18-32)7-8-30-10-16-31(34(25-30)35(36,37)38)15-9-29-13-19-33(20-14-29)44-24-6-4-22-42-27(2)40/h28-34H,3-6,10-14,16-25H2,1-2H3. The highest BCUT2D eigenvalue weighted by atomic mass is 19.4. The summed E-state index contributed by atoms with van der Waals surface area (Å²) in [6, 6.07) is 0. The highest BCUT2D eigenvalue weighted by Gasteiger charge is 2.47.